The summed E-state index contributed by atoms with van der Waals surface area (Å²) >= 11 is 0. The highest BCUT2D eigenvalue weighted by molar-refractivity contribution is 5.92. The van der Waals surface area contributed by atoms with Crippen molar-refractivity contribution in [3.63, 3.8) is 0 Å². The van der Waals surface area contributed by atoms with Crippen LogP contribution in [-0.2, 0) is 6.54 Å². The quantitative estimate of drug-likeness (QED) is 0.754. The summed E-state index contributed by atoms with van der Waals surface area (Å²) in [5.74, 6) is -0.300. The lowest BCUT2D eigenvalue weighted by atomic mass is 9.90. The van der Waals surface area contributed by atoms with E-state index in [0.717, 1.165) is 12.8 Å². The number of aromatic nitrogens is 2. The van der Waals surface area contributed by atoms with Gasteiger partial charge in [-0.1, -0.05) is 27.2 Å². The van der Waals surface area contributed by atoms with Crippen LogP contribution in [-0.4, -0.2) is 33.9 Å². The van der Waals surface area contributed by atoms with Gasteiger partial charge in [0.25, 0.3) is 11.5 Å². The van der Waals surface area contributed by atoms with Gasteiger partial charge in [0, 0.05) is 25.8 Å². The van der Waals surface area contributed by atoms with Gasteiger partial charge in [-0.05, 0) is 24.3 Å². The standard InChI is InChI=1S/C15H25N3O3/c1-4-5-9-18-13(20)7-6-12(17-18)14(21)16-11-15(2,3)8-10-19/h6-7,19H,4-5,8-11H2,1-3H3,(H,16,21). The Hall–Kier alpha value is -1.69. The van der Waals surface area contributed by atoms with Crippen LogP contribution in [0.25, 0.3) is 0 Å². The topological polar surface area (TPSA) is 84.2 Å². The van der Waals surface area contributed by atoms with Crippen LogP contribution >= 0.6 is 0 Å². The van der Waals surface area contributed by atoms with Gasteiger partial charge in [0.1, 0.15) is 5.69 Å². The highest BCUT2D eigenvalue weighted by Crippen LogP contribution is 2.17. The lowest BCUT2D eigenvalue weighted by molar-refractivity contribution is 0.0920. The van der Waals surface area contributed by atoms with E-state index in [1.54, 1.807) is 0 Å². The van der Waals surface area contributed by atoms with Crippen molar-refractivity contribution in [1.82, 2.24) is 15.1 Å². The van der Waals surface area contributed by atoms with E-state index < -0.39 is 0 Å². The number of nitrogens with zero attached hydrogens (tertiary/aromatic N) is 2. The Morgan fingerprint density at radius 2 is 2.14 bits per heavy atom. The van der Waals surface area contributed by atoms with Crippen molar-refractivity contribution in [2.75, 3.05) is 13.2 Å². The highest BCUT2D eigenvalue weighted by Gasteiger charge is 2.19. The first-order chi connectivity index (χ1) is 9.89. The van der Waals surface area contributed by atoms with Crippen molar-refractivity contribution >= 4 is 5.91 Å². The van der Waals surface area contributed by atoms with Gasteiger partial charge in [-0.25, -0.2) is 4.68 Å². The number of hydrogen-bond acceptors (Lipinski definition) is 4. The van der Waals surface area contributed by atoms with Gasteiger partial charge in [-0.2, -0.15) is 5.10 Å². The van der Waals surface area contributed by atoms with E-state index >= 15 is 0 Å². The first kappa shape index (κ1) is 17.4. The number of carbonyl (C=O) groups excluding carboxylic acids is 1. The lowest BCUT2D eigenvalue weighted by Gasteiger charge is -2.23. The summed E-state index contributed by atoms with van der Waals surface area (Å²) in [7, 11) is 0. The van der Waals surface area contributed by atoms with E-state index in [1.807, 2.05) is 20.8 Å². The number of aryl methyl sites for hydroxylation is 1. The Morgan fingerprint density at radius 3 is 2.76 bits per heavy atom. The molecule has 118 valence electrons. The summed E-state index contributed by atoms with van der Waals surface area (Å²) in [6.45, 7) is 7.03. The van der Waals surface area contributed by atoms with Crippen LogP contribution in [0.5, 0.6) is 0 Å². The minimum Gasteiger partial charge on any atom is -0.396 e. The number of nitrogens with one attached hydrogen (secondary N) is 1. The summed E-state index contributed by atoms with van der Waals surface area (Å²) in [5.41, 5.74) is -0.132. The number of amides is 1. The van der Waals surface area contributed by atoms with Gasteiger partial charge < -0.3 is 10.4 Å². The molecule has 0 fully saturated rings. The molecule has 0 saturated heterocycles. The van der Waals surface area contributed by atoms with Gasteiger partial charge in [-0.3, -0.25) is 9.59 Å². The molecule has 2 N–H and O–H groups in total. The average Bonchev–Trinajstić information content (AvgIpc) is 2.44. The fourth-order valence-corrected chi connectivity index (χ4v) is 1.84. The minimum atomic E-state index is -0.300. The summed E-state index contributed by atoms with van der Waals surface area (Å²) in [5, 5.41) is 15.9. The van der Waals surface area contributed by atoms with Crippen molar-refractivity contribution in [1.29, 1.82) is 0 Å². The van der Waals surface area contributed by atoms with Crippen LogP contribution in [0.3, 0.4) is 0 Å². The maximum Gasteiger partial charge on any atom is 0.271 e. The van der Waals surface area contributed by atoms with Crippen molar-refractivity contribution in [3.8, 4) is 0 Å². The zero-order valence-corrected chi connectivity index (χ0v) is 13.1. The number of aliphatic hydroxyl groups is 1. The molecule has 6 nitrogen and oxygen atoms in total. The van der Waals surface area contributed by atoms with E-state index in [0.29, 0.717) is 19.5 Å². The molecule has 0 aromatic carbocycles. The van der Waals surface area contributed by atoms with Crippen molar-refractivity contribution in [3.05, 3.63) is 28.2 Å². The van der Waals surface area contributed by atoms with E-state index in [-0.39, 0.29) is 29.2 Å². The number of unbranched alkanes of at least 4 members (excludes halogenated alkanes) is 1. The third-order valence-electron chi connectivity index (χ3n) is 3.34. The fourth-order valence-electron chi connectivity index (χ4n) is 1.84. The molecule has 1 aromatic heterocycles. The van der Waals surface area contributed by atoms with Crippen LogP contribution in [0.4, 0.5) is 0 Å². The third-order valence-corrected chi connectivity index (χ3v) is 3.34. The van der Waals surface area contributed by atoms with E-state index in [1.165, 1.54) is 16.8 Å². The second kappa shape index (κ2) is 7.93. The maximum absolute atomic E-state index is 12.1. The molecular weight excluding hydrogens is 270 g/mol. The molecule has 0 radical (unpaired) electrons. The normalized spacial score (nSPS) is 11.4. The minimum absolute atomic E-state index is 0.0863. The smallest absolute Gasteiger partial charge is 0.271 e. The van der Waals surface area contributed by atoms with Crippen molar-refractivity contribution in [2.45, 2.75) is 46.6 Å². The third kappa shape index (κ3) is 5.67. The molecule has 0 aliphatic carbocycles. The van der Waals surface area contributed by atoms with Crippen LogP contribution in [0.2, 0.25) is 0 Å². The first-order valence-electron chi connectivity index (χ1n) is 7.37. The zero-order chi connectivity index (χ0) is 15.9. The predicted octanol–water partition coefficient (Wildman–Crippen LogP) is 1.18. The Kier molecular flexibility index (Phi) is 6.55. The molecule has 0 saturated carbocycles. The lowest BCUT2D eigenvalue weighted by Crippen LogP contribution is -2.36. The number of rotatable bonds is 8. The Labute approximate surface area is 125 Å². The molecule has 1 aromatic rings. The zero-order valence-electron chi connectivity index (χ0n) is 13.1. The van der Waals surface area contributed by atoms with Gasteiger partial charge in [0.15, 0.2) is 0 Å². The van der Waals surface area contributed by atoms with Crippen LogP contribution < -0.4 is 10.9 Å². The molecule has 0 atom stereocenters. The summed E-state index contributed by atoms with van der Waals surface area (Å²) < 4.78 is 1.33. The number of aliphatic hydroxyl groups excluding tert-OH is 1. The monoisotopic (exact) mass is 295 g/mol. The Balaban J connectivity index is 2.72. The van der Waals surface area contributed by atoms with Gasteiger partial charge in [0.05, 0.1) is 0 Å². The first-order valence-corrected chi connectivity index (χ1v) is 7.37. The number of hydrogen-bond donors (Lipinski definition) is 2. The highest BCUT2D eigenvalue weighted by atomic mass is 16.3. The summed E-state index contributed by atoms with van der Waals surface area (Å²) in [6, 6.07) is 2.82. The van der Waals surface area contributed by atoms with Crippen LogP contribution in [0.1, 0.15) is 50.5 Å². The Morgan fingerprint density at radius 1 is 1.43 bits per heavy atom. The molecule has 1 rings (SSSR count). The molecule has 1 heterocycles. The van der Waals surface area contributed by atoms with Crippen molar-refractivity contribution in [2.24, 2.45) is 5.41 Å². The second-order valence-corrected chi connectivity index (χ2v) is 5.95. The maximum atomic E-state index is 12.1. The van der Waals surface area contributed by atoms with Crippen molar-refractivity contribution < 1.29 is 9.90 Å². The summed E-state index contributed by atoms with van der Waals surface area (Å²) in [4.78, 5) is 23.7. The molecular formula is C15H25N3O3. The fraction of sp³-hybridized carbons (Fsp3) is 0.667. The van der Waals surface area contributed by atoms with Gasteiger partial charge in [0.2, 0.25) is 0 Å². The number of carbonyl (C=O) groups is 1. The largest absolute Gasteiger partial charge is 0.396 e. The SMILES string of the molecule is CCCCn1nc(C(=O)NCC(C)(C)CCO)ccc1=O. The van der Waals surface area contributed by atoms with Gasteiger partial charge in [-0.15, -0.1) is 0 Å². The molecule has 21 heavy (non-hydrogen) atoms. The van der Waals surface area contributed by atoms with Crippen LogP contribution in [0.15, 0.2) is 16.9 Å². The van der Waals surface area contributed by atoms with E-state index in [2.05, 4.69) is 10.4 Å². The van der Waals surface area contributed by atoms with Crippen LogP contribution in [0, 0.1) is 5.41 Å². The second-order valence-electron chi connectivity index (χ2n) is 5.95. The van der Waals surface area contributed by atoms with Gasteiger partial charge >= 0.3 is 0 Å². The Bertz CT molecular complexity index is 523. The summed E-state index contributed by atoms with van der Waals surface area (Å²) in [6.07, 6.45) is 2.41. The molecule has 0 bridgehead atoms. The average molecular weight is 295 g/mol. The molecule has 0 aliphatic rings. The molecule has 6 heteroatoms. The predicted molar refractivity (Wildman–Crippen MR) is 81.2 cm³/mol. The molecule has 0 spiro atoms. The molecule has 1 amide bonds. The van der Waals surface area contributed by atoms with E-state index in [9.17, 15) is 9.59 Å². The molecule has 0 unspecified atom stereocenters. The van der Waals surface area contributed by atoms with E-state index in [4.69, 9.17) is 5.11 Å². The molecule has 0 aliphatic heterocycles.